The minimum absolute atomic E-state index is 0.175. The molecule has 1 aromatic heterocycles. The number of carboxylic acid groups (broad SMARTS) is 1. The second-order valence-corrected chi connectivity index (χ2v) is 6.13. The average molecular weight is 304 g/mol. The number of aryl methyl sites for hydroxylation is 1. The summed E-state index contributed by atoms with van der Waals surface area (Å²) in [7, 11) is 0. The van der Waals surface area contributed by atoms with E-state index in [0.717, 1.165) is 6.42 Å². The van der Waals surface area contributed by atoms with E-state index in [4.69, 9.17) is 9.84 Å². The van der Waals surface area contributed by atoms with Crippen LogP contribution in [0.5, 0.6) is 0 Å². The maximum Gasteiger partial charge on any atom is 0.435 e. The lowest BCUT2D eigenvalue weighted by Gasteiger charge is -2.19. The Hall–Kier alpha value is -2.37. The van der Waals surface area contributed by atoms with Crippen LogP contribution < -0.4 is 0 Å². The van der Waals surface area contributed by atoms with Gasteiger partial charge in [0, 0.05) is 5.39 Å². The molecule has 0 atom stereocenters. The Bertz CT molecular complexity index is 726. The highest BCUT2D eigenvalue weighted by Crippen LogP contribution is 2.23. The SMILES string of the molecule is CCCc1nn(C(=O)OC(C)(C)C)c2ccc(C(=O)O)cc12. The first-order valence-corrected chi connectivity index (χ1v) is 7.21. The zero-order valence-electron chi connectivity index (χ0n) is 13.2. The van der Waals surface area contributed by atoms with Gasteiger partial charge in [-0.25, -0.2) is 9.59 Å². The van der Waals surface area contributed by atoms with Crippen molar-refractivity contribution < 1.29 is 19.4 Å². The molecule has 6 nitrogen and oxygen atoms in total. The molecule has 0 saturated carbocycles. The monoisotopic (exact) mass is 304 g/mol. The van der Waals surface area contributed by atoms with Crippen LogP contribution in [0, 0.1) is 0 Å². The Kier molecular flexibility index (Phi) is 4.21. The first-order chi connectivity index (χ1) is 10.2. The summed E-state index contributed by atoms with van der Waals surface area (Å²) in [4.78, 5) is 23.4. The largest absolute Gasteiger partial charge is 0.478 e. The van der Waals surface area contributed by atoms with Gasteiger partial charge in [0.15, 0.2) is 0 Å². The highest BCUT2D eigenvalue weighted by molar-refractivity contribution is 5.96. The predicted octanol–water partition coefficient (Wildman–Crippen LogP) is 3.47. The molecule has 0 aliphatic heterocycles. The summed E-state index contributed by atoms with van der Waals surface area (Å²) in [6.07, 6.45) is 0.940. The smallest absolute Gasteiger partial charge is 0.435 e. The summed E-state index contributed by atoms with van der Waals surface area (Å²) in [6, 6.07) is 4.61. The van der Waals surface area contributed by atoms with E-state index in [0.29, 0.717) is 23.0 Å². The quantitative estimate of drug-likeness (QED) is 0.939. The average Bonchev–Trinajstić information content (AvgIpc) is 2.75. The lowest BCUT2D eigenvalue weighted by atomic mass is 10.1. The van der Waals surface area contributed by atoms with E-state index in [-0.39, 0.29) is 5.56 Å². The lowest BCUT2D eigenvalue weighted by Crippen LogP contribution is -2.27. The molecule has 0 bridgehead atoms. The Morgan fingerprint density at radius 3 is 2.55 bits per heavy atom. The summed E-state index contributed by atoms with van der Waals surface area (Å²) >= 11 is 0. The summed E-state index contributed by atoms with van der Waals surface area (Å²) in [5, 5.41) is 14.1. The van der Waals surface area contributed by atoms with Gasteiger partial charge in [-0.15, -0.1) is 0 Å². The number of hydrogen-bond donors (Lipinski definition) is 1. The number of aromatic nitrogens is 2. The number of nitrogens with zero attached hydrogens (tertiary/aromatic N) is 2. The number of carbonyl (C=O) groups is 2. The number of ether oxygens (including phenoxy) is 1. The first-order valence-electron chi connectivity index (χ1n) is 7.21. The van der Waals surface area contributed by atoms with E-state index in [9.17, 15) is 9.59 Å². The van der Waals surface area contributed by atoms with Crippen molar-refractivity contribution in [2.75, 3.05) is 0 Å². The maximum absolute atomic E-state index is 12.3. The topological polar surface area (TPSA) is 81.4 Å². The number of carboxylic acids is 1. The molecule has 0 fully saturated rings. The Labute approximate surface area is 128 Å². The van der Waals surface area contributed by atoms with Gasteiger partial charge >= 0.3 is 12.1 Å². The number of rotatable bonds is 3. The normalized spacial score (nSPS) is 11.6. The molecule has 6 heteroatoms. The van der Waals surface area contributed by atoms with Crippen molar-refractivity contribution in [2.45, 2.75) is 46.1 Å². The van der Waals surface area contributed by atoms with Crippen LogP contribution in [0.3, 0.4) is 0 Å². The van der Waals surface area contributed by atoms with Crippen molar-refractivity contribution in [3.05, 3.63) is 29.5 Å². The van der Waals surface area contributed by atoms with Crippen molar-refractivity contribution in [3.63, 3.8) is 0 Å². The molecule has 0 radical (unpaired) electrons. The standard InChI is InChI=1S/C16H20N2O4/c1-5-6-12-11-9-10(14(19)20)7-8-13(11)18(17-12)15(21)22-16(2,3)4/h7-9H,5-6H2,1-4H3,(H,19,20). The van der Waals surface area contributed by atoms with E-state index in [2.05, 4.69) is 5.10 Å². The molecule has 0 aliphatic carbocycles. The third-order valence-electron chi connectivity index (χ3n) is 3.06. The Morgan fingerprint density at radius 2 is 2.00 bits per heavy atom. The fraction of sp³-hybridized carbons (Fsp3) is 0.438. The zero-order valence-corrected chi connectivity index (χ0v) is 13.2. The molecule has 118 valence electrons. The van der Waals surface area contributed by atoms with Crippen LogP contribution in [-0.4, -0.2) is 32.6 Å². The van der Waals surface area contributed by atoms with E-state index in [1.807, 2.05) is 6.92 Å². The highest BCUT2D eigenvalue weighted by Gasteiger charge is 2.22. The molecular weight excluding hydrogens is 284 g/mol. The molecule has 0 saturated heterocycles. The van der Waals surface area contributed by atoms with Crippen LogP contribution in [0.15, 0.2) is 18.2 Å². The van der Waals surface area contributed by atoms with Crippen LogP contribution in [-0.2, 0) is 11.2 Å². The summed E-state index contributed by atoms with van der Waals surface area (Å²) in [5.41, 5.74) is 0.809. The van der Waals surface area contributed by atoms with Crippen molar-refractivity contribution in [3.8, 4) is 0 Å². The summed E-state index contributed by atoms with van der Waals surface area (Å²) in [6.45, 7) is 7.35. The number of fused-ring (bicyclic) bond motifs is 1. The molecule has 1 heterocycles. The van der Waals surface area contributed by atoms with Gasteiger partial charge in [-0.1, -0.05) is 13.3 Å². The third kappa shape index (κ3) is 3.27. The van der Waals surface area contributed by atoms with Gasteiger partial charge in [-0.3, -0.25) is 0 Å². The van der Waals surface area contributed by atoms with Gasteiger partial charge in [-0.2, -0.15) is 9.78 Å². The van der Waals surface area contributed by atoms with Crippen molar-refractivity contribution in [1.82, 2.24) is 9.78 Å². The van der Waals surface area contributed by atoms with E-state index in [1.54, 1.807) is 32.9 Å². The van der Waals surface area contributed by atoms with Gasteiger partial charge in [-0.05, 0) is 45.4 Å². The molecule has 0 aliphatic rings. The second-order valence-electron chi connectivity index (χ2n) is 6.13. The number of hydrogen-bond acceptors (Lipinski definition) is 4. The molecule has 22 heavy (non-hydrogen) atoms. The van der Waals surface area contributed by atoms with E-state index in [1.165, 1.54) is 10.7 Å². The maximum atomic E-state index is 12.3. The molecular formula is C16H20N2O4. The summed E-state index contributed by atoms with van der Waals surface area (Å²) in [5.74, 6) is -1.01. The molecule has 2 rings (SSSR count). The molecule has 0 spiro atoms. The minimum atomic E-state index is -1.01. The predicted molar refractivity (Wildman–Crippen MR) is 82.3 cm³/mol. The van der Waals surface area contributed by atoms with Gasteiger partial charge in [0.1, 0.15) is 5.60 Å². The molecule has 0 unspecified atom stereocenters. The molecule has 0 amide bonds. The van der Waals surface area contributed by atoms with Crippen LogP contribution in [0.4, 0.5) is 4.79 Å². The third-order valence-corrected chi connectivity index (χ3v) is 3.06. The van der Waals surface area contributed by atoms with Gasteiger partial charge in [0.25, 0.3) is 0 Å². The fourth-order valence-corrected chi connectivity index (χ4v) is 2.18. The van der Waals surface area contributed by atoms with Crippen LogP contribution in [0.25, 0.3) is 10.9 Å². The van der Waals surface area contributed by atoms with E-state index >= 15 is 0 Å². The fourth-order valence-electron chi connectivity index (χ4n) is 2.18. The zero-order chi connectivity index (χ0) is 16.5. The minimum Gasteiger partial charge on any atom is -0.478 e. The lowest BCUT2D eigenvalue weighted by molar-refractivity contribution is 0.0521. The Balaban J connectivity index is 2.56. The van der Waals surface area contributed by atoms with Crippen molar-refractivity contribution in [1.29, 1.82) is 0 Å². The number of carbonyl (C=O) groups excluding carboxylic acids is 1. The van der Waals surface area contributed by atoms with Crippen LogP contribution >= 0.6 is 0 Å². The summed E-state index contributed by atoms with van der Waals surface area (Å²) < 4.78 is 6.55. The van der Waals surface area contributed by atoms with Gasteiger partial charge in [0.05, 0.1) is 16.8 Å². The van der Waals surface area contributed by atoms with Gasteiger partial charge < -0.3 is 9.84 Å². The van der Waals surface area contributed by atoms with Crippen molar-refractivity contribution >= 4 is 23.0 Å². The first kappa shape index (κ1) is 16.0. The second kappa shape index (κ2) is 5.79. The van der Waals surface area contributed by atoms with E-state index < -0.39 is 17.7 Å². The van der Waals surface area contributed by atoms with Gasteiger partial charge in [0.2, 0.25) is 0 Å². The highest BCUT2D eigenvalue weighted by atomic mass is 16.6. The molecule has 1 N–H and O–H groups in total. The molecule has 1 aromatic carbocycles. The van der Waals surface area contributed by atoms with Crippen molar-refractivity contribution in [2.24, 2.45) is 0 Å². The van der Waals surface area contributed by atoms with Crippen LogP contribution in [0.1, 0.15) is 50.2 Å². The molecule has 2 aromatic rings. The Morgan fingerprint density at radius 1 is 1.32 bits per heavy atom. The number of aromatic carboxylic acids is 1. The number of benzene rings is 1. The van der Waals surface area contributed by atoms with Crippen LogP contribution in [0.2, 0.25) is 0 Å².